The Morgan fingerprint density at radius 3 is 3.13 bits per heavy atom. The van der Waals surface area contributed by atoms with E-state index in [1.165, 1.54) is 4.63 Å². The first-order valence-corrected chi connectivity index (χ1v) is 4.81. The van der Waals surface area contributed by atoms with Gasteiger partial charge >= 0.3 is 0 Å². The largest absolute Gasteiger partial charge is 0.391 e. The van der Waals surface area contributed by atoms with Crippen LogP contribution >= 0.6 is 0 Å². The maximum Gasteiger partial charge on any atom is 0.200 e. The van der Waals surface area contributed by atoms with E-state index < -0.39 is 0 Å². The minimum Gasteiger partial charge on any atom is -0.391 e. The fourth-order valence-electron chi connectivity index (χ4n) is 1.76. The van der Waals surface area contributed by atoms with Gasteiger partial charge in [0.2, 0.25) is 0 Å². The molecule has 1 unspecified atom stereocenters. The van der Waals surface area contributed by atoms with E-state index in [-0.39, 0.29) is 6.10 Å². The molecule has 15 heavy (non-hydrogen) atoms. The van der Waals surface area contributed by atoms with E-state index >= 15 is 0 Å². The number of hydrogen-bond acceptors (Lipinski definition) is 6. The number of tetrazole rings is 1. The molecule has 0 spiro atoms. The number of rotatable bonds is 1. The Morgan fingerprint density at radius 1 is 1.40 bits per heavy atom. The molecule has 1 atom stereocenters. The van der Waals surface area contributed by atoms with Crippen molar-refractivity contribution in [2.24, 2.45) is 0 Å². The highest BCUT2D eigenvalue weighted by Crippen LogP contribution is 2.17. The van der Waals surface area contributed by atoms with Crippen molar-refractivity contribution in [3.05, 3.63) is 12.1 Å². The summed E-state index contributed by atoms with van der Waals surface area (Å²) in [5, 5.41) is 24.7. The van der Waals surface area contributed by atoms with Crippen LogP contribution in [0.1, 0.15) is 6.42 Å². The Bertz CT molecular complexity index is 483. The van der Waals surface area contributed by atoms with Crippen LogP contribution in [-0.4, -0.2) is 49.6 Å². The summed E-state index contributed by atoms with van der Waals surface area (Å²) >= 11 is 0. The van der Waals surface area contributed by atoms with Gasteiger partial charge < -0.3 is 10.0 Å². The molecule has 0 bridgehead atoms. The van der Waals surface area contributed by atoms with Crippen molar-refractivity contribution in [3.8, 4) is 0 Å². The van der Waals surface area contributed by atoms with Crippen LogP contribution in [0.15, 0.2) is 12.1 Å². The Balaban J connectivity index is 1.97. The molecule has 0 amide bonds. The van der Waals surface area contributed by atoms with Gasteiger partial charge in [0.1, 0.15) is 0 Å². The Morgan fingerprint density at radius 2 is 2.33 bits per heavy atom. The maximum atomic E-state index is 9.42. The third-order valence-electron chi connectivity index (χ3n) is 2.54. The third kappa shape index (κ3) is 1.40. The monoisotopic (exact) mass is 206 g/mol. The van der Waals surface area contributed by atoms with Crippen LogP contribution in [0.5, 0.6) is 0 Å². The molecule has 1 saturated heterocycles. The molecule has 7 heteroatoms. The lowest BCUT2D eigenvalue weighted by atomic mass is 10.3. The molecule has 1 N–H and O–H groups in total. The lowest BCUT2D eigenvalue weighted by molar-refractivity contribution is 0.198. The molecular weight excluding hydrogens is 196 g/mol. The van der Waals surface area contributed by atoms with Gasteiger partial charge in [-0.05, 0) is 29.0 Å². The van der Waals surface area contributed by atoms with Gasteiger partial charge in [0.05, 0.1) is 6.10 Å². The Labute approximate surface area is 85.3 Å². The molecule has 0 aliphatic carbocycles. The molecular formula is C8H10N6O. The van der Waals surface area contributed by atoms with Gasteiger partial charge in [0, 0.05) is 13.1 Å². The molecule has 3 heterocycles. The molecule has 7 nitrogen and oxygen atoms in total. The van der Waals surface area contributed by atoms with Gasteiger partial charge in [0.25, 0.3) is 0 Å². The number of β-amino-alcohol motifs (C(OH)–C–C–N with tert-alkyl or cyclic N) is 1. The lowest BCUT2D eigenvalue weighted by Gasteiger charge is -2.15. The number of hydrogen-bond donors (Lipinski definition) is 1. The molecule has 1 aliphatic heterocycles. The summed E-state index contributed by atoms with van der Waals surface area (Å²) < 4.78 is 1.39. The van der Waals surface area contributed by atoms with Crippen LogP contribution in [0.2, 0.25) is 0 Å². The number of aliphatic hydroxyl groups excluding tert-OH is 1. The predicted molar refractivity (Wildman–Crippen MR) is 51.4 cm³/mol. The Kier molecular flexibility index (Phi) is 1.78. The average Bonchev–Trinajstić information content (AvgIpc) is 2.84. The van der Waals surface area contributed by atoms with Gasteiger partial charge in [-0.1, -0.05) is 0 Å². The molecule has 2 aromatic heterocycles. The van der Waals surface area contributed by atoms with Crippen molar-refractivity contribution in [1.29, 1.82) is 0 Å². The first kappa shape index (κ1) is 8.54. The van der Waals surface area contributed by atoms with Gasteiger partial charge in [-0.25, -0.2) is 0 Å². The minimum absolute atomic E-state index is 0.253. The number of aliphatic hydroxyl groups is 1. The summed E-state index contributed by atoms with van der Waals surface area (Å²) in [5.74, 6) is 0.798. The van der Waals surface area contributed by atoms with E-state index in [1.54, 1.807) is 0 Å². The smallest absolute Gasteiger partial charge is 0.200 e. The number of nitrogens with zero attached hydrogens (tertiary/aromatic N) is 6. The van der Waals surface area contributed by atoms with Crippen LogP contribution in [0, 0.1) is 0 Å². The Hall–Kier alpha value is -1.76. The predicted octanol–water partition coefficient (Wildman–Crippen LogP) is -0.910. The van der Waals surface area contributed by atoms with Gasteiger partial charge in [-0.3, -0.25) is 0 Å². The summed E-state index contributed by atoms with van der Waals surface area (Å²) in [5.41, 5.74) is 0.624. The van der Waals surface area contributed by atoms with Gasteiger partial charge in [-0.15, -0.1) is 14.8 Å². The van der Waals surface area contributed by atoms with Gasteiger partial charge in [0.15, 0.2) is 11.5 Å². The van der Waals surface area contributed by atoms with E-state index in [4.69, 9.17) is 0 Å². The number of aromatic nitrogens is 5. The van der Waals surface area contributed by atoms with Crippen molar-refractivity contribution in [2.45, 2.75) is 12.5 Å². The van der Waals surface area contributed by atoms with E-state index in [0.29, 0.717) is 12.2 Å². The van der Waals surface area contributed by atoms with Crippen LogP contribution in [0.4, 0.5) is 5.82 Å². The fraction of sp³-hybridized carbons (Fsp3) is 0.500. The molecule has 78 valence electrons. The second-order valence-corrected chi connectivity index (χ2v) is 3.61. The molecule has 0 saturated carbocycles. The highest BCUT2D eigenvalue weighted by atomic mass is 16.3. The first-order chi connectivity index (χ1) is 7.33. The van der Waals surface area contributed by atoms with Crippen molar-refractivity contribution in [1.82, 2.24) is 25.3 Å². The average molecular weight is 206 g/mol. The first-order valence-electron chi connectivity index (χ1n) is 4.81. The van der Waals surface area contributed by atoms with Gasteiger partial charge in [-0.2, -0.15) is 0 Å². The third-order valence-corrected chi connectivity index (χ3v) is 2.54. The standard InChI is InChI=1S/C8H10N6O/c15-6-3-4-13(5-6)8-2-1-7-9-11-12-14(7)10-8/h1-2,6,15H,3-5H2. The summed E-state index contributed by atoms with van der Waals surface area (Å²) in [6.45, 7) is 1.45. The quantitative estimate of drug-likeness (QED) is 0.650. The molecule has 0 aromatic carbocycles. The molecule has 2 aromatic rings. The summed E-state index contributed by atoms with van der Waals surface area (Å²) in [4.78, 5) is 2.02. The molecule has 3 rings (SSSR count). The van der Waals surface area contributed by atoms with Crippen LogP contribution in [-0.2, 0) is 0 Å². The summed E-state index contributed by atoms with van der Waals surface area (Å²) in [6.07, 6.45) is 0.534. The van der Waals surface area contributed by atoms with E-state index in [1.807, 2.05) is 17.0 Å². The second kappa shape index (κ2) is 3.13. The number of anilines is 1. The van der Waals surface area contributed by atoms with Crippen LogP contribution in [0.3, 0.4) is 0 Å². The fourth-order valence-corrected chi connectivity index (χ4v) is 1.76. The topological polar surface area (TPSA) is 79.4 Å². The van der Waals surface area contributed by atoms with Crippen molar-refractivity contribution < 1.29 is 5.11 Å². The van der Waals surface area contributed by atoms with Crippen molar-refractivity contribution in [2.75, 3.05) is 18.0 Å². The molecule has 0 radical (unpaired) electrons. The SMILES string of the molecule is OC1CCN(c2ccc3nnnn3n2)C1. The highest BCUT2D eigenvalue weighted by molar-refractivity contribution is 5.45. The molecule has 1 fully saturated rings. The van der Waals surface area contributed by atoms with E-state index in [9.17, 15) is 5.11 Å². The maximum absolute atomic E-state index is 9.42. The zero-order valence-corrected chi connectivity index (χ0v) is 7.98. The van der Waals surface area contributed by atoms with Crippen molar-refractivity contribution in [3.63, 3.8) is 0 Å². The lowest BCUT2D eigenvalue weighted by Crippen LogP contribution is -2.22. The van der Waals surface area contributed by atoms with E-state index in [2.05, 4.69) is 20.6 Å². The van der Waals surface area contributed by atoms with E-state index in [0.717, 1.165) is 18.8 Å². The second-order valence-electron chi connectivity index (χ2n) is 3.61. The minimum atomic E-state index is -0.253. The normalized spacial score (nSPS) is 21.4. The van der Waals surface area contributed by atoms with Crippen LogP contribution in [0.25, 0.3) is 5.65 Å². The summed E-state index contributed by atoms with van der Waals surface area (Å²) in [7, 11) is 0. The zero-order valence-electron chi connectivity index (χ0n) is 7.98. The van der Waals surface area contributed by atoms with Crippen LogP contribution < -0.4 is 4.90 Å². The highest BCUT2D eigenvalue weighted by Gasteiger charge is 2.21. The molecule has 1 aliphatic rings. The summed E-state index contributed by atoms with van der Waals surface area (Å²) in [6, 6.07) is 3.68. The zero-order chi connectivity index (χ0) is 10.3. The number of fused-ring (bicyclic) bond motifs is 1. The van der Waals surface area contributed by atoms with Crippen molar-refractivity contribution >= 4 is 11.5 Å².